The minimum atomic E-state index is -2.03. The molecule has 0 spiro atoms. The predicted octanol–water partition coefficient (Wildman–Crippen LogP) is 8.52. The van der Waals surface area contributed by atoms with Gasteiger partial charge in [0.1, 0.15) is 11.5 Å². The van der Waals surface area contributed by atoms with Crippen LogP contribution in [0.15, 0.2) is 55.1 Å². The Balaban J connectivity index is 2.53. The first-order valence-electron chi connectivity index (χ1n) is 10.8. The van der Waals surface area contributed by atoms with Crippen molar-refractivity contribution in [2.24, 2.45) is 0 Å². The van der Waals surface area contributed by atoms with Crippen molar-refractivity contribution < 1.29 is 8.85 Å². The Morgan fingerprint density at radius 1 is 0.667 bits per heavy atom. The minimum Gasteiger partial charge on any atom is -0.541 e. The van der Waals surface area contributed by atoms with Crippen LogP contribution in [0.25, 0.3) is 5.57 Å². The second-order valence-corrected chi connectivity index (χ2v) is 20.7. The van der Waals surface area contributed by atoms with E-state index in [9.17, 15) is 0 Å². The van der Waals surface area contributed by atoms with E-state index in [-0.39, 0.29) is 10.1 Å². The van der Waals surface area contributed by atoms with Crippen LogP contribution in [0, 0.1) is 0 Å². The highest BCUT2D eigenvalue weighted by Crippen LogP contribution is 2.44. The van der Waals surface area contributed by atoms with Crippen LogP contribution in [0.5, 0.6) is 11.5 Å². The van der Waals surface area contributed by atoms with E-state index >= 15 is 0 Å². The van der Waals surface area contributed by atoms with Crippen LogP contribution in [-0.4, -0.2) is 16.6 Å². The number of rotatable bonds is 6. The van der Waals surface area contributed by atoms with Gasteiger partial charge in [-0.1, -0.05) is 84.5 Å². The molecule has 0 fully saturated rings. The molecule has 0 saturated heterocycles. The molecular weight excluding hydrogens is 400 g/mol. The van der Waals surface area contributed by atoms with Gasteiger partial charge in [-0.05, 0) is 65.1 Å². The summed E-state index contributed by atoms with van der Waals surface area (Å²) in [6.45, 7) is 27.0. The topological polar surface area (TPSA) is 18.5 Å². The Morgan fingerprint density at radius 3 is 1.60 bits per heavy atom. The van der Waals surface area contributed by atoms with Gasteiger partial charge < -0.3 is 8.85 Å². The zero-order chi connectivity index (χ0) is 23.0. The SMILES string of the molecule is C=C(c1ccccc1)c1ccc(O[Si](C)(C)C(C)(C)C)c(O[Si](C)(C)C(C)(C)C)c1. The van der Waals surface area contributed by atoms with Gasteiger partial charge in [-0.25, -0.2) is 0 Å². The molecule has 0 saturated carbocycles. The molecule has 0 aliphatic carbocycles. The van der Waals surface area contributed by atoms with Gasteiger partial charge in [-0.2, -0.15) is 0 Å². The summed E-state index contributed by atoms with van der Waals surface area (Å²) in [5.41, 5.74) is 3.18. The van der Waals surface area contributed by atoms with Crippen LogP contribution in [-0.2, 0) is 0 Å². The molecule has 2 aromatic carbocycles. The standard InChI is InChI=1S/C26H40O2Si2/c1-20(21-15-13-12-14-16-21)22-17-18-23(27-29(8,9)25(2,3)4)24(19-22)28-30(10,11)26(5,6)7/h12-19H,1H2,2-11H3. The van der Waals surface area contributed by atoms with Crippen molar-refractivity contribution in [1.82, 2.24) is 0 Å². The Morgan fingerprint density at radius 2 is 1.13 bits per heavy atom. The molecule has 2 rings (SSSR count). The summed E-state index contributed by atoms with van der Waals surface area (Å²) in [4.78, 5) is 0. The zero-order valence-corrected chi connectivity index (χ0v) is 22.6. The van der Waals surface area contributed by atoms with Crippen molar-refractivity contribution in [2.45, 2.75) is 77.8 Å². The van der Waals surface area contributed by atoms with Crippen LogP contribution in [0.3, 0.4) is 0 Å². The normalized spacial score (nSPS) is 13.1. The molecule has 0 aliphatic heterocycles. The van der Waals surface area contributed by atoms with Crippen molar-refractivity contribution in [3.05, 3.63) is 66.2 Å². The van der Waals surface area contributed by atoms with Gasteiger partial charge in [0.05, 0.1) is 0 Å². The fourth-order valence-electron chi connectivity index (χ4n) is 2.52. The first-order chi connectivity index (χ1) is 13.6. The average Bonchev–Trinajstić information content (AvgIpc) is 2.61. The minimum absolute atomic E-state index is 0.105. The molecule has 0 atom stereocenters. The summed E-state index contributed by atoms with van der Waals surface area (Å²) in [7, 11) is -4.02. The molecule has 0 bridgehead atoms. The average molecular weight is 441 g/mol. The van der Waals surface area contributed by atoms with E-state index in [4.69, 9.17) is 8.85 Å². The third-order valence-electron chi connectivity index (χ3n) is 6.76. The lowest BCUT2D eigenvalue weighted by atomic mass is 9.99. The van der Waals surface area contributed by atoms with Gasteiger partial charge >= 0.3 is 0 Å². The quantitative estimate of drug-likeness (QED) is 0.419. The van der Waals surface area contributed by atoms with Crippen LogP contribution in [0.1, 0.15) is 52.7 Å². The molecular formula is C26H40O2Si2. The first kappa shape index (κ1) is 24.5. The van der Waals surface area contributed by atoms with Crippen molar-refractivity contribution in [3.63, 3.8) is 0 Å². The lowest BCUT2D eigenvalue weighted by Gasteiger charge is -2.39. The lowest BCUT2D eigenvalue weighted by Crippen LogP contribution is -2.45. The summed E-state index contributed by atoms with van der Waals surface area (Å²) in [6.07, 6.45) is 0. The fourth-order valence-corrected chi connectivity index (χ4v) is 4.56. The molecule has 30 heavy (non-hydrogen) atoms. The maximum Gasteiger partial charge on any atom is 0.250 e. The van der Waals surface area contributed by atoms with E-state index < -0.39 is 16.6 Å². The third-order valence-corrected chi connectivity index (χ3v) is 15.4. The van der Waals surface area contributed by atoms with Crippen LogP contribution >= 0.6 is 0 Å². The van der Waals surface area contributed by atoms with Gasteiger partial charge in [0, 0.05) is 0 Å². The molecule has 0 aromatic heterocycles. The van der Waals surface area contributed by atoms with Gasteiger partial charge in [-0.15, -0.1) is 0 Å². The highest BCUT2D eigenvalue weighted by Gasteiger charge is 2.42. The second-order valence-electron chi connectivity index (χ2n) is 11.2. The van der Waals surface area contributed by atoms with E-state index in [2.05, 4.69) is 105 Å². The van der Waals surface area contributed by atoms with E-state index in [0.29, 0.717) is 0 Å². The highest BCUT2D eigenvalue weighted by atomic mass is 28.4. The van der Waals surface area contributed by atoms with E-state index in [0.717, 1.165) is 28.2 Å². The molecule has 0 unspecified atom stereocenters. The molecule has 4 heteroatoms. The molecule has 0 aliphatic rings. The summed E-state index contributed by atoms with van der Waals surface area (Å²) < 4.78 is 13.5. The van der Waals surface area contributed by atoms with Gasteiger partial charge in [0.15, 0.2) is 0 Å². The highest BCUT2D eigenvalue weighted by molar-refractivity contribution is 6.75. The van der Waals surface area contributed by atoms with E-state index in [1.54, 1.807) is 0 Å². The molecule has 0 amide bonds. The van der Waals surface area contributed by atoms with E-state index in [1.807, 2.05) is 18.2 Å². The zero-order valence-electron chi connectivity index (χ0n) is 20.6. The Bertz CT molecular complexity index is 885. The second kappa shape index (κ2) is 8.39. The number of hydrogen-bond donors (Lipinski definition) is 0. The summed E-state index contributed by atoms with van der Waals surface area (Å²) >= 11 is 0. The van der Waals surface area contributed by atoms with E-state index in [1.165, 1.54) is 0 Å². The monoisotopic (exact) mass is 440 g/mol. The largest absolute Gasteiger partial charge is 0.541 e. The van der Waals surface area contributed by atoms with Crippen molar-refractivity contribution in [1.29, 1.82) is 0 Å². The van der Waals surface area contributed by atoms with Gasteiger partial charge in [0.2, 0.25) is 0 Å². The maximum absolute atomic E-state index is 6.78. The molecule has 2 aromatic rings. The molecule has 0 N–H and O–H groups in total. The smallest absolute Gasteiger partial charge is 0.250 e. The van der Waals surface area contributed by atoms with Crippen molar-refractivity contribution >= 4 is 22.2 Å². The van der Waals surface area contributed by atoms with Crippen LogP contribution in [0.2, 0.25) is 36.3 Å². The number of benzene rings is 2. The summed E-state index contributed by atoms with van der Waals surface area (Å²) in [5.74, 6) is 1.71. The van der Waals surface area contributed by atoms with Crippen LogP contribution < -0.4 is 8.85 Å². The third kappa shape index (κ3) is 5.47. The Hall–Kier alpha value is -1.79. The van der Waals surface area contributed by atoms with Crippen LogP contribution in [0.4, 0.5) is 0 Å². The summed E-state index contributed by atoms with van der Waals surface area (Å²) in [5, 5.41) is 0.223. The Labute approximate surface area is 186 Å². The molecule has 0 radical (unpaired) electrons. The summed E-state index contributed by atoms with van der Waals surface area (Å²) in [6, 6.07) is 16.6. The predicted molar refractivity (Wildman–Crippen MR) is 137 cm³/mol. The molecule has 0 heterocycles. The van der Waals surface area contributed by atoms with Gasteiger partial charge in [-0.3, -0.25) is 0 Å². The van der Waals surface area contributed by atoms with Crippen molar-refractivity contribution in [2.75, 3.05) is 0 Å². The Kier molecular flexibility index (Phi) is 6.85. The number of hydrogen-bond acceptors (Lipinski definition) is 2. The molecule has 164 valence electrons. The lowest BCUT2D eigenvalue weighted by molar-refractivity contribution is 0.440. The fraction of sp³-hybridized carbons (Fsp3) is 0.462. The molecule has 2 nitrogen and oxygen atoms in total. The first-order valence-corrected chi connectivity index (χ1v) is 16.6. The van der Waals surface area contributed by atoms with Crippen molar-refractivity contribution in [3.8, 4) is 11.5 Å². The maximum atomic E-state index is 6.78. The van der Waals surface area contributed by atoms with Gasteiger partial charge in [0.25, 0.3) is 16.6 Å².